The number of anilines is 1. The molecule has 3 aromatic rings. The summed E-state index contributed by atoms with van der Waals surface area (Å²) < 4.78 is 7.40. The number of carbonyl (C=O) groups excluding carboxylic acids is 2. The molecule has 0 saturated carbocycles. The minimum atomic E-state index is -0.879. The van der Waals surface area contributed by atoms with E-state index in [0.717, 1.165) is 27.8 Å². The number of nitrogens with one attached hydrogen (secondary N) is 1. The largest absolute Gasteiger partial charge is 0.449 e. The Labute approximate surface area is 186 Å². The lowest BCUT2D eigenvalue weighted by Gasteiger charge is -2.17. The van der Waals surface area contributed by atoms with Crippen molar-refractivity contribution < 1.29 is 14.3 Å². The lowest BCUT2D eigenvalue weighted by molar-refractivity contribution is -0.124. The van der Waals surface area contributed by atoms with Gasteiger partial charge in [0.05, 0.1) is 5.56 Å². The van der Waals surface area contributed by atoms with Gasteiger partial charge >= 0.3 is 5.97 Å². The first-order chi connectivity index (χ1) is 14.8. The van der Waals surface area contributed by atoms with E-state index in [1.165, 1.54) is 11.8 Å². The van der Waals surface area contributed by atoms with Crippen LogP contribution in [0.1, 0.15) is 40.7 Å². The Morgan fingerprint density at radius 1 is 1.06 bits per heavy atom. The van der Waals surface area contributed by atoms with Gasteiger partial charge in [0.2, 0.25) is 0 Å². The van der Waals surface area contributed by atoms with Crippen LogP contribution in [0.3, 0.4) is 0 Å². The zero-order valence-electron chi connectivity index (χ0n) is 18.3. The molecule has 162 valence electrons. The molecule has 0 aliphatic heterocycles. The number of aromatic nitrogens is 3. The van der Waals surface area contributed by atoms with Crippen LogP contribution in [-0.2, 0) is 9.53 Å². The minimum absolute atomic E-state index is 0.345. The zero-order chi connectivity index (χ0) is 22.5. The summed E-state index contributed by atoms with van der Waals surface area (Å²) in [6.07, 6.45) is 1.42. The van der Waals surface area contributed by atoms with Crippen molar-refractivity contribution in [3.63, 3.8) is 0 Å². The standard InChI is InChI=1S/C23H26N4O3S/c1-6-20(21(28)24-18-12-14(2)11-15(3)13-18)30-22(29)17-7-9-19(10-8-17)27-16(4)25-26-23(27)31-5/h7-13,20H,6H2,1-5H3,(H,24,28). The molecule has 0 radical (unpaired) electrons. The fraction of sp³-hybridized carbons (Fsp3) is 0.304. The minimum Gasteiger partial charge on any atom is -0.449 e. The quantitative estimate of drug-likeness (QED) is 0.432. The molecule has 0 aliphatic rings. The van der Waals surface area contributed by atoms with E-state index in [9.17, 15) is 9.59 Å². The second kappa shape index (κ2) is 9.78. The van der Waals surface area contributed by atoms with Crippen LogP contribution >= 0.6 is 11.8 Å². The summed E-state index contributed by atoms with van der Waals surface area (Å²) in [6, 6.07) is 12.8. The molecule has 8 heteroatoms. The summed E-state index contributed by atoms with van der Waals surface area (Å²) in [5.41, 5.74) is 4.01. The van der Waals surface area contributed by atoms with E-state index in [4.69, 9.17) is 4.74 Å². The van der Waals surface area contributed by atoms with Crippen molar-refractivity contribution in [1.29, 1.82) is 0 Å². The fourth-order valence-electron chi connectivity index (χ4n) is 3.31. The molecule has 1 heterocycles. The van der Waals surface area contributed by atoms with Crippen LogP contribution in [-0.4, -0.2) is 39.0 Å². The highest BCUT2D eigenvalue weighted by molar-refractivity contribution is 7.98. The molecule has 0 bridgehead atoms. The van der Waals surface area contributed by atoms with Crippen molar-refractivity contribution >= 4 is 29.3 Å². The summed E-state index contributed by atoms with van der Waals surface area (Å²) >= 11 is 1.49. The van der Waals surface area contributed by atoms with E-state index in [1.54, 1.807) is 19.1 Å². The average Bonchev–Trinajstić information content (AvgIpc) is 3.11. The molecule has 0 spiro atoms. The second-order valence-corrected chi connectivity index (χ2v) is 8.06. The highest BCUT2D eigenvalue weighted by atomic mass is 32.2. The number of hydrogen-bond acceptors (Lipinski definition) is 6. The lowest BCUT2D eigenvalue weighted by atomic mass is 10.1. The van der Waals surface area contributed by atoms with Crippen LogP contribution in [0.4, 0.5) is 5.69 Å². The highest BCUT2D eigenvalue weighted by Crippen LogP contribution is 2.21. The van der Waals surface area contributed by atoms with Crippen molar-refractivity contribution in [2.24, 2.45) is 0 Å². The molecule has 1 atom stereocenters. The van der Waals surface area contributed by atoms with Crippen LogP contribution in [0, 0.1) is 20.8 Å². The second-order valence-electron chi connectivity index (χ2n) is 7.28. The molecule has 0 aliphatic carbocycles. The monoisotopic (exact) mass is 438 g/mol. The molecule has 3 rings (SSSR count). The van der Waals surface area contributed by atoms with Gasteiger partial charge in [0, 0.05) is 11.4 Å². The number of aryl methyl sites for hydroxylation is 3. The summed E-state index contributed by atoms with van der Waals surface area (Å²) in [5.74, 6) is -0.129. The van der Waals surface area contributed by atoms with Gasteiger partial charge in [-0.15, -0.1) is 10.2 Å². The molecule has 1 unspecified atom stereocenters. The van der Waals surface area contributed by atoms with Crippen molar-refractivity contribution in [2.45, 2.75) is 45.4 Å². The number of nitrogens with zero attached hydrogens (tertiary/aromatic N) is 3. The number of carbonyl (C=O) groups is 2. The first-order valence-electron chi connectivity index (χ1n) is 9.99. The Morgan fingerprint density at radius 3 is 2.29 bits per heavy atom. The van der Waals surface area contributed by atoms with E-state index in [0.29, 0.717) is 17.7 Å². The first-order valence-corrected chi connectivity index (χ1v) is 11.2. The highest BCUT2D eigenvalue weighted by Gasteiger charge is 2.22. The molecule has 31 heavy (non-hydrogen) atoms. The predicted molar refractivity (Wildman–Crippen MR) is 122 cm³/mol. The maximum atomic E-state index is 12.6. The van der Waals surface area contributed by atoms with Crippen LogP contribution in [0.25, 0.3) is 5.69 Å². The normalized spacial score (nSPS) is 11.8. The third kappa shape index (κ3) is 5.32. The number of amides is 1. The molecule has 1 amide bonds. The van der Waals surface area contributed by atoms with E-state index in [1.807, 2.05) is 61.9 Å². The average molecular weight is 439 g/mol. The topological polar surface area (TPSA) is 86.1 Å². The number of hydrogen-bond donors (Lipinski definition) is 1. The van der Waals surface area contributed by atoms with Crippen molar-refractivity contribution in [3.05, 3.63) is 65.0 Å². The summed E-state index contributed by atoms with van der Waals surface area (Å²) in [4.78, 5) is 25.3. The zero-order valence-corrected chi connectivity index (χ0v) is 19.1. The van der Waals surface area contributed by atoms with Gasteiger partial charge in [-0.25, -0.2) is 4.79 Å². The van der Waals surface area contributed by atoms with Crippen molar-refractivity contribution in [2.75, 3.05) is 11.6 Å². The third-order valence-corrected chi connectivity index (χ3v) is 5.37. The van der Waals surface area contributed by atoms with E-state index < -0.39 is 12.1 Å². The van der Waals surface area contributed by atoms with Crippen LogP contribution in [0.2, 0.25) is 0 Å². The van der Waals surface area contributed by atoms with Gasteiger partial charge < -0.3 is 10.1 Å². The number of esters is 1. The molecule has 1 aromatic heterocycles. The Bertz CT molecular complexity index is 1070. The number of thioether (sulfide) groups is 1. The van der Waals surface area contributed by atoms with Crippen LogP contribution < -0.4 is 5.32 Å². The van der Waals surface area contributed by atoms with Gasteiger partial charge in [-0.05, 0) is 81.0 Å². The van der Waals surface area contributed by atoms with Crippen LogP contribution in [0.15, 0.2) is 47.6 Å². The third-order valence-electron chi connectivity index (χ3n) is 4.74. The van der Waals surface area contributed by atoms with E-state index >= 15 is 0 Å². The van der Waals surface area contributed by atoms with Gasteiger partial charge in [-0.2, -0.15) is 0 Å². The summed E-state index contributed by atoms with van der Waals surface area (Å²) in [6.45, 7) is 7.61. The molecule has 7 nitrogen and oxygen atoms in total. The van der Waals surface area contributed by atoms with Gasteiger partial charge in [-0.1, -0.05) is 24.8 Å². The van der Waals surface area contributed by atoms with Gasteiger partial charge in [0.1, 0.15) is 5.82 Å². The molecule has 0 saturated heterocycles. The van der Waals surface area contributed by atoms with Gasteiger partial charge in [0.25, 0.3) is 5.91 Å². The lowest BCUT2D eigenvalue weighted by Crippen LogP contribution is -2.32. The van der Waals surface area contributed by atoms with Crippen LogP contribution in [0.5, 0.6) is 0 Å². The summed E-state index contributed by atoms with van der Waals surface area (Å²) in [5, 5.41) is 11.8. The predicted octanol–water partition coefficient (Wildman–Crippen LogP) is 4.49. The van der Waals surface area contributed by atoms with Gasteiger partial charge in [-0.3, -0.25) is 9.36 Å². The number of rotatable bonds is 7. The Balaban J connectivity index is 1.70. The van der Waals surface area contributed by atoms with E-state index in [2.05, 4.69) is 15.5 Å². The summed E-state index contributed by atoms with van der Waals surface area (Å²) in [7, 11) is 0. The smallest absolute Gasteiger partial charge is 0.338 e. The molecule has 0 fully saturated rings. The number of benzene rings is 2. The Hall–Kier alpha value is -3.13. The van der Waals surface area contributed by atoms with Gasteiger partial charge in [0.15, 0.2) is 11.3 Å². The van der Waals surface area contributed by atoms with Crippen molar-refractivity contribution in [3.8, 4) is 5.69 Å². The van der Waals surface area contributed by atoms with Crippen molar-refractivity contribution in [1.82, 2.24) is 14.8 Å². The SMILES string of the molecule is CCC(OC(=O)c1ccc(-n2c(C)nnc2SC)cc1)C(=O)Nc1cc(C)cc(C)c1. The molecular weight excluding hydrogens is 412 g/mol. The first kappa shape index (κ1) is 22.6. The Morgan fingerprint density at radius 2 is 1.71 bits per heavy atom. The molecule has 1 N–H and O–H groups in total. The fourth-order valence-corrected chi connectivity index (χ4v) is 3.85. The Kier molecular flexibility index (Phi) is 7.12. The maximum absolute atomic E-state index is 12.6. The number of ether oxygens (including phenoxy) is 1. The van der Waals surface area contributed by atoms with E-state index in [-0.39, 0.29) is 5.91 Å². The molecular formula is C23H26N4O3S. The molecule has 2 aromatic carbocycles. The maximum Gasteiger partial charge on any atom is 0.338 e.